The first-order valence-electron chi connectivity index (χ1n) is 5.78. The van der Waals surface area contributed by atoms with Gasteiger partial charge in [0.15, 0.2) is 0 Å². The summed E-state index contributed by atoms with van der Waals surface area (Å²) >= 11 is 0. The van der Waals surface area contributed by atoms with E-state index < -0.39 is 0 Å². The molecule has 1 amide bonds. The standard InChI is InChI=1S/C13H17FN2O/c1-8-3-4-9(7-10(8)14)13-11(15)5-6-12(17)16(13)2/h3-4,7,11,13H,5-6,15H2,1-2H3. The van der Waals surface area contributed by atoms with E-state index in [-0.39, 0.29) is 23.8 Å². The Labute approximate surface area is 100 Å². The van der Waals surface area contributed by atoms with Gasteiger partial charge in [-0.2, -0.15) is 0 Å². The normalized spacial score (nSPS) is 25.2. The van der Waals surface area contributed by atoms with E-state index in [1.165, 1.54) is 6.07 Å². The van der Waals surface area contributed by atoms with Crippen LogP contribution in [0.4, 0.5) is 4.39 Å². The van der Waals surface area contributed by atoms with Gasteiger partial charge in [0.05, 0.1) is 6.04 Å². The molecule has 2 rings (SSSR count). The minimum atomic E-state index is -0.249. The highest BCUT2D eigenvalue weighted by Crippen LogP contribution is 2.30. The highest BCUT2D eigenvalue weighted by atomic mass is 19.1. The van der Waals surface area contributed by atoms with Gasteiger partial charge in [-0.25, -0.2) is 4.39 Å². The first kappa shape index (κ1) is 12.0. The monoisotopic (exact) mass is 236 g/mol. The fourth-order valence-corrected chi connectivity index (χ4v) is 2.33. The fourth-order valence-electron chi connectivity index (χ4n) is 2.33. The van der Waals surface area contributed by atoms with E-state index in [4.69, 9.17) is 5.73 Å². The van der Waals surface area contributed by atoms with Gasteiger partial charge in [-0.1, -0.05) is 12.1 Å². The zero-order valence-electron chi connectivity index (χ0n) is 10.1. The predicted octanol–water partition coefficient (Wildman–Crippen LogP) is 1.75. The van der Waals surface area contributed by atoms with E-state index in [0.717, 1.165) is 5.56 Å². The second-order valence-electron chi connectivity index (χ2n) is 4.66. The van der Waals surface area contributed by atoms with Crippen molar-refractivity contribution in [2.75, 3.05) is 7.05 Å². The number of carbonyl (C=O) groups is 1. The van der Waals surface area contributed by atoms with E-state index >= 15 is 0 Å². The predicted molar refractivity (Wildman–Crippen MR) is 63.9 cm³/mol. The SMILES string of the molecule is Cc1ccc(C2C(N)CCC(=O)N2C)cc1F. The van der Waals surface area contributed by atoms with Crippen molar-refractivity contribution in [1.29, 1.82) is 0 Å². The summed E-state index contributed by atoms with van der Waals surface area (Å²) in [4.78, 5) is 13.3. The smallest absolute Gasteiger partial charge is 0.222 e. The number of amides is 1. The molecule has 1 aromatic carbocycles. The lowest BCUT2D eigenvalue weighted by Crippen LogP contribution is -2.46. The summed E-state index contributed by atoms with van der Waals surface area (Å²) in [6, 6.07) is 4.71. The summed E-state index contributed by atoms with van der Waals surface area (Å²) in [6.45, 7) is 1.72. The van der Waals surface area contributed by atoms with Gasteiger partial charge < -0.3 is 10.6 Å². The Morgan fingerprint density at radius 3 is 2.82 bits per heavy atom. The summed E-state index contributed by atoms with van der Waals surface area (Å²) in [7, 11) is 1.73. The van der Waals surface area contributed by atoms with E-state index in [2.05, 4.69) is 0 Å². The molecular formula is C13H17FN2O. The number of halogens is 1. The lowest BCUT2D eigenvalue weighted by molar-refractivity contribution is -0.135. The van der Waals surface area contributed by atoms with Gasteiger partial charge in [0, 0.05) is 19.5 Å². The van der Waals surface area contributed by atoms with E-state index in [9.17, 15) is 9.18 Å². The first-order valence-corrected chi connectivity index (χ1v) is 5.78. The molecule has 1 aliphatic rings. The zero-order chi connectivity index (χ0) is 12.6. The van der Waals surface area contributed by atoms with Crippen LogP contribution in [0.25, 0.3) is 0 Å². The van der Waals surface area contributed by atoms with Crippen LogP contribution in [0.5, 0.6) is 0 Å². The van der Waals surface area contributed by atoms with Gasteiger partial charge in [-0.3, -0.25) is 4.79 Å². The molecule has 1 heterocycles. The van der Waals surface area contributed by atoms with Crippen LogP contribution < -0.4 is 5.73 Å². The average Bonchev–Trinajstić information content (AvgIpc) is 2.29. The van der Waals surface area contributed by atoms with Crippen LogP contribution in [0.15, 0.2) is 18.2 Å². The summed E-state index contributed by atoms with van der Waals surface area (Å²) < 4.78 is 13.5. The summed E-state index contributed by atoms with van der Waals surface area (Å²) in [5.74, 6) is -0.182. The number of aryl methyl sites for hydroxylation is 1. The lowest BCUT2D eigenvalue weighted by Gasteiger charge is -2.37. The van der Waals surface area contributed by atoms with E-state index in [1.54, 1.807) is 24.9 Å². The van der Waals surface area contributed by atoms with E-state index in [0.29, 0.717) is 18.4 Å². The minimum Gasteiger partial charge on any atom is -0.337 e. The maximum absolute atomic E-state index is 13.5. The van der Waals surface area contributed by atoms with Crippen LogP contribution in [0.2, 0.25) is 0 Å². The molecule has 0 spiro atoms. The largest absolute Gasteiger partial charge is 0.337 e. The van der Waals surface area contributed by atoms with Gasteiger partial charge in [0.2, 0.25) is 5.91 Å². The van der Waals surface area contributed by atoms with Crippen molar-refractivity contribution < 1.29 is 9.18 Å². The van der Waals surface area contributed by atoms with Crippen LogP contribution in [-0.2, 0) is 4.79 Å². The van der Waals surface area contributed by atoms with Gasteiger partial charge in [0.1, 0.15) is 5.82 Å². The molecule has 0 aromatic heterocycles. The molecule has 1 fully saturated rings. The van der Waals surface area contributed by atoms with Crippen molar-refractivity contribution >= 4 is 5.91 Å². The number of likely N-dealkylation sites (tertiary alicyclic amines) is 1. The maximum Gasteiger partial charge on any atom is 0.222 e. The molecule has 2 N–H and O–H groups in total. The van der Waals surface area contributed by atoms with Crippen molar-refractivity contribution in [3.63, 3.8) is 0 Å². The molecule has 0 bridgehead atoms. The molecule has 3 nitrogen and oxygen atoms in total. The van der Waals surface area contributed by atoms with E-state index in [1.807, 2.05) is 6.07 Å². The number of carbonyl (C=O) groups excluding carboxylic acids is 1. The molecule has 2 unspecified atom stereocenters. The highest BCUT2D eigenvalue weighted by molar-refractivity contribution is 5.77. The quantitative estimate of drug-likeness (QED) is 0.807. The third kappa shape index (κ3) is 2.17. The molecule has 0 saturated carbocycles. The fraction of sp³-hybridized carbons (Fsp3) is 0.462. The number of rotatable bonds is 1. The zero-order valence-corrected chi connectivity index (χ0v) is 10.1. The third-order valence-electron chi connectivity index (χ3n) is 3.45. The van der Waals surface area contributed by atoms with Gasteiger partial charge >= 0.3 is 0 Å². The van der Waals surface area contributed by atoms with Gasteiger partial charge in [0.25, 0.3) is 0 Å². The van der Waals surface area contributed by atoms with Crippen molar-refractivity contribution in [1.82, 2.24) is 4.90 Å². The Hall–Kier alpha value is -1.42. The molecule has 1 saturated heterocycles. The Morgan fingerprint density at radius 1 is 1.47 bits per heavy atom. The number of benzene rings is 1. The molecule has 4 heteroatoms. The second kappa shape index (κ2) is 4.45. The Balaban J connectivity index is 2.36. The molecule has 92 valence electrons. The number of piperidine rings is 1. The summed E-state index contributed by atoms with van der Waals surface area (Å²) in [5, 5.41) is 0. The molecule has 2 atom stereocenters. The van der Waals surface area contributed by atoms with Crippen LogP contribution >= 0.6 is 0 Å². The topological polar surface area (TPSA) is 46.3 Å². The number of likely N-dealkylation sites (N-methyl/N-ethyl adjacent to an activating group) is 1. The lowest BCUT2D eigenvalue weighted by atomic mass is 9.90. The summed E-state index contributed by atoms with van der Waals surface area (Å²) in [5.41, 5.74) is 7.41. The Kier molecular flexibility index (Phi) is 3.15. The van der Waals surface area contributed by atoms with Gasteiger partial charge in [-0.15, -0.1) is 0 Å². The molecule has 0 aliphatic carbocycles. The molecule has 1 aromatic rings. The van der Waals surface area contributed by atoms with Crippen LogP contribution in [0.3, 0.4) is 0 Å². The number of nitrogens with two attached hydrogens (primary N) is 1. The maximum atomic E-state index is 13.5. The highest BCUT2D eigenvalue weighted by Gasteiger charge is 2.32. The summed E-state index contributed by atoms with van der Waals surface area (Å²) in [6.07, 6.45) is 1.13. The van der Waals surface area contributed by atoms with Crippen LogP contribution in [0.1, 0.15) is 30.0 Å². The van der Waals surface area contributed by atoms with Crippen LogP contribution in [0, 0.1) is 12.7 Å². The van der Waals surface area contributed by atoms with Crippen molar-refractivity contribution in [3.05, 3.63) is 35.1 Å². The average molecular weight is 236 g/mol. The first-order chi connectivity index (χ1) is 8.00. The molecule has 17 heavy (non-hydrogen) atoms. The minimum absolute atomic E-state index is 0.0673. The van der Waals surface area contributed by atoms with Crippen molar-refractivity contribution in [3.8, 4) is 0 Å². The van der Waals surface area contributed by atoms with Gasteiger partial charge in [-0.05, 0) is 30.5 Å². The third-order valence-corrected chi connectivity index (χ3v) is 3.45. The number of hydrogen-bond donors (Lipinski definition) is 1. The van der Waals surface area contributed by atoms with Crippen molar-refractivity contribution in [2.24, 2.45) is 5.73 Å². The molecular weight excluding hydrogens is 219 g/mol. The Bertz CT molecular complexity index is 447. The Morgan fingerprint density at radius 2 is 2.18 bits per heavy atom. The molecule has 0 radical (unpaired) electrons. The second-order valence-corrected chi connectivity index (χ2v) is 4.66. The van der Waals surface area contributed by atoms with Crippen molar-refractivity contribution in [2.45, 2.75) is 31.8 Å². The van der Waals surface area contributed by atoms with Crippen LogP contribution in [-0.4, -0.2) is 23.9 Å². The number of hydrogen-bond acceptors (Lipinski definition) is 2. The number of nitrogens with zero attached hydrogens (tertiary/aromatic N) is 1. The molecule has 1 aliphatic heterocycles.